The first-order valence-electron chi connectivity index (χ1n) is 6.46. The number of ether oxygens (including phenoxy) is 1. The molecule has 0 aromatic carbocycles. The van der Waals surface area contributed by atoms with Crippen molar-refractivity contribution in [3.05, 3.63) is 0 Å². The summed E-state index contributed by atoms with van der Waals surface area (Å²) >= 11 is 0. The zero-order chi connectivity index (χ0) is 11.3. The Morgan fingerprint density at radius 1 is 1.20 bits per heavy atom. The second-order valence-electron chi connectivity index (χ2n) is 5.05. The Kier molecular flexibility index (Phi) is 5.62. The van der Waals surface area contributed by atoms with E-state index in [1.165, 1.54) is 32.1 Å². The van der Waals surface area contributed by atoms with Gasteiger partial charge in [-0.05, 0) is 31.6 Å². The Morgan fingerprint density at radius 3 is 2.27 bits per heavy atom. The van der Waals surface area contributed by atoms with Crippen LogP contribution in [0.2, 0.25) is 0 Å². The normalized spacial score (nSPS) is 23.0. The average Bonchev–Trinajstić information content (AvgIpc) is 2.26. The molecule has 0 saturated heterocycles. The lowest BCUT2D eigenvalue weighted by atomic mass is 9.81. The lowest BCUT2D eigenvalue weighted by Crippen LogP contribution is -2.40. The second-order valence-corrected chi connectivity index (χ2v) is 5.05. The molecule has 1 N–H and O–H groups in total. The Morgan fingerprint density at radius 2 is 1.80 bits per heavy atom. The van der Waals surface area contributed by atoms with Crippen molar-refractivity contribution in [3.8, 4) is 0 Å². The topological polar surface area (TPSA) is 29.5 Å². The van der Waals surface area contributed by atoms with Gasteiger partial charge < -0.3 is 9.84 Å². The van der Waals surface area contributed by atoms with Gasteiger partial charge in [-0.1, -0.05) is 33.1 Å². The number of hydrogen-bond acceptors (Lipinski definition) is 2. The van der Waals surface area contributed by atoms with Crippen molar-refractivity contribution in [1.82, 2.24) is 0 Å². The van der Waals surface area contributed by atoms with Crippen LogP contribution in [0.1, 0.15) is 52.9 Å². The van der Waals surface area contributed by atoms with Crippen LogP contribution >= 0.6 is 0 Å². The molecule has 90 valence electrons. The van der Waals surface area contributed by atoms with E-state index in [1.54, 1.807) is 0 Å². The summed E-state index contributed by atoms with van der Waals surface area (Å²) in [5.74, 6) is 0.875. The lowest BCUT2D eigenvalue weighted by Gasteiger charge is -2.34. The van der Waals surface area contributed by atoms with Gasteiger partial charge in [0.15, 0.2) is 0 Å². The van der Waals surface area contributed by atoms with Gasteiger partial charge in [0.1, 0.15) is 0 Å². The summed E-state index contributed by atoms with van der Waals surface area (Å²) < 4.78 is 5.75. The number of hydrogen-bond donors (Lipinski definition) is 1. The summed E-state index contributed by atoms with van der Waals surface area (Å²) in [6.45, 7) is 6.87. The lowest BCUT2D eigenvalue weighted by molar-refractivity contribution is -0.0879. The molecule has 0 aromatic rings. The maximum absolute atomic E-state index is 10.1. The van der Waals surface area contributed by atoms with E-state index in [-0.39, 0.29) is 12.2 Å². The minimum absolute atomic E-state index is 0.0651. The van der Waals surface area contributed by atoms with Crippen LogP contribution in [-0.2, 0) is 4.74 Å². The molecule has 15 heavy (non-hydrogen) atoms. The van der Waals surface area contributed by atoms with Gasteiger partial charge in [-0.15, -0.1) is 0 Å². The number of aliphatic hydroxyl groups excluding tert-OH is 1. The van der Waals surface area contributed by atoms with Crippen molar-refractivity contribution in [2.24, 2.45) is 11.8 Å². The van der Waals surface area contributed by atoms with E-state index in [9.17, 15) is 5.11 Å². The predicted octanol–water partition coefficient (Wildman–Crippen LogP) is 2.99. The third-order valence-electron chi connectivity index (χ3n) is 3.49. The number of rotatable bonds is 5. The molecule has 1 saturated carbocycles. The van der Waals surface area contributed by atoms with E-state index in [2.05, 4.69) is 13.8 Å². The summed E-state index contributed by atoms with van der Waals surface area (Å²) in [5, 5.41) is 10.1. The molecule has 1 fully saturated rings. The summed E-state index contributed by atoms with van der Waals surface area (Å²) in [4.78, 5) is 0. The van der Waals surface area contributed by atoms with Crippen molar-refractivity contribution in [2.75, 3.05) is 6.61 Å². The quantitative estimate of drug-likeness (QED) is 0.762. The Bertz CT molecular complexity index is 162. The molecule has 0 amide bonds. The van der Waals surface area contributed by atoms with Crippen LogP contribution in [0.15, 0.2) is 0 Å². The van der Waals surface area contributed by atoms with Gasteiger partial charge in [0, 0.05) is 6.61 Å². The van der Waals surface area contributed by atoms with E-state index in [0.29, 0.717) is 18.4 Å². The SMILES string of the molecule is CCOC(C1CCCCC1)C(O)C(C)C. The van der Waals surface area contributed by atoms with E-state index < -0.39 is 0 Å². The van der Waals surface area contributed by atoms with Gasteiger partial charge in [0.25, 0.3) is 0 Å². The van der Waals surface area contributed by atoms with Crippen LogP contribution < -0.4 is 0 Å². The molecular formula is C13H26O2. The van der Waals surface area contributed by atoms with Gasteiger partial charge in [-0.2, -0.15) is 0 Å². The first-order valence-corrected chi connectivity index (χ1v) is 6.46. The molecule has 0 bridgehead atoms. The maximum atomic E-state index is 10.1. The van der Waals surface area contributed by atoms with Gasteiger partial charge in [-0.25, -0.2) is 0 Å². The van der Waals surface area contributed by atoms with Crippen molar-refractivity contribution in [2.45, 2.75) is 65.1 Å². The van der Waals surface area contributed by atoms with Crippen molar-refractivity contribution >= 4 is 0 Å². The first kappa shape index (κ1) is 13.0. The molecule has 2 atom stereocenters. The van der Waals surface area contributed by atoms with E-state index in [0.717, 1.165) is 0 Å². The summed E-state index contributed by atoms with van der Waals surface area (Å²) in [6, 6.07) is 0. The molecule has 0 aliphatic heterocycles. The standard InChI is InChI=1S/C13H26O2/c1-4-15-13(12(14)10(2)3)11-8-6-5-7-9-11/h10-14H,4-9H2,1-3H3. The average molecular weight is 214 g/mol. The molecule has 1 aliphatic rings. The zero-order valence-corrected chi connectivity index (χ0v) is 10.4. The van der Waals surface area contributed by atoms with Crippen LogP contribution in [0.5, 0.6) is 0 Å². The Labute approximate surface area is 94.0 Å². The van der Waals surface area contributed by atoms with E-state index in [4.69, 9.17) is 4.74 Å². The van der Waals surface area contributed by atoms with E-state index >= 15 is 0 Å². The van der Waals surface area contributed by atoms with Gasteiger partial charge >= 0.3 is 0 Å². The zero-order valence-electron chi connectivity index (χ0n) is 10.4. The molecule has 1 rings (SSSR count). The fourth-order valence-electron chi connectivity index (χ4n) is 2.55. The summed E-state index contributed by atoms with van der Waals surface area (Å²) in [5.41, 5.74) is 0. The van der Waals surface area contributed by atoms with Gasteiger partial charge in [-0.3, -0.25) is 0 Å². The predicted molar refractivity (Wildman–Crippen MR) is 62.8 cm³/mol. The molecular weight excluding hydrogens is 188 g/mol. The Balaban J connectivity index is 2.54. The third-order valence-corrected chi connectivity index (χ3v) is 3.49. The van der Waals surface area contributed by atoms with Crippen LogP contribution in [-0.4, -0.2) is 23.9 Å². The monoisotopic (exact) mass is 214 g/mol. The van der Waals surface area contributed by atoms with Crippen molar-refractivity contribution < 1.29 is 9.84 Å². The van der Waals surface area contributed by atoms with Crippen LogP contribution in [0.3, 0.4) is 0 Å². The molecule has 0 spiro atoms. The highest BCUT2D eigenvalue weighted by molar-refractivity contribution is 4.81. The fraction of sp³-hybridized carbons (Fsp3) is 1.00. The molecule has 0 radical (unpaired) electrons. The smallest absolute Gasteiger partial charge is 0.0864 e. The minimum Gasteiger partial charge on any atom is -0.390 e. The van der Waals surface area contributed by atoms with Crippen molar-refractivity contribution in [3.63, 3.8) is 0 Å². The van der Waals surface area contributed by atoms with Gasteiger partial charge in [0.05, 0.1) is 12.2 Å². The highest BCUT2D eigenvalue weighted by Crippen LogP contribution is 2.31. The molecule has 0 heterocycles. The molecule has 2 heteroatoms. The largest absolute Gasteiger partial charge is 0.390 e. The summed E-state index contributed by atoms with van der Waals surface area (Å²) in [6.07, 6.45) is 6.19. The second kappa shape index (κ2) is 6.49. The molecule has 0 aromatic heterocycles. The van der Waals surface area contributed by atoms with E-state index in [1.807, 2.05) is 6.92 Å². The van der Waals surface area contributed by atoms with Crippen LogP contribution in [0, 0.1) is 11.8 Å². The van der Waals surface area contributed by atoms with Crippen LogP contribution in [0.25, 0.3) is 0 Å². The third kappa shape index (κ3) is 3.76. The first-order chi connectivity index (χ1) is 7.16. The van der Waals surface area contributed by atoms with Gasteiger partial charge in [0.2, 0.25) is 0 Å². The highest BCUT2D eigenvalue weighted by Gasteiger charge is 2.31. The number of aliphatic hydroxyl groups is 1. The summed E-state index contributed by atoms with van der Waals surface area (Å²) in [7, 11) is 0. The van der Waals surface area contributed by atoms with Crippen molar-refractivity contribution in [1.29, 1.82) is 0 Å². The molecule has 2 unspecified atom stereocenters. The Hall–Kier alpha value is -0.0800. The highest BCUT2D eigenvalue weighted by atomic mass is 16.5. The van der Waals surface area contributed by atoms with Crippen LogP contribution in [0.4, 0.5) is 0 Å². The molecule has 1 aliphatic carbocycles. The minimum atomic E-state index is -0.298. The fourth-order valence-corrected chi connectivity index (χ4v) is 2.55. The molecule has 2 nitrogen and oxygen atoms in total. The maximum Gasteiger partial charge on any atom is 0.0864 e.